The largest absolute Gasteiger partial charge is 0.417 e. The van der Waals surface area contributed by atoms with Crippen molar-refractivity contribution in [3.05, 3.63) is 88.4 Å². The summed E-state index contributed by atoms with van der Waals surface area (Å²) in [6.45, 7) is -1.28. The molecule has 6 nitrogen and oxygen atoms in total. The average molecular weight is 573 g/mol. The number of nitrogen functional groups attached to an aromatic ring is 1. The summed E-state index contributed by atoms with van der Waals surface area (Å²) in [7, 11) is 0. The second kappa shape index (κ2) is 10.3. The van der Waals surface area contributed by atoms with E-state index in [1.54, 1.807) is 30.3 Å². The Bertz CT molecular complexity index is 1600. The number of pyridine rings is 1. The number of nitrogens with two attached hydrogens (primary N) is 1. The summed E-state index contributed by atoms with van der Waals surface area (Å²) >= 11 is 0.937. The van der Waals surface area contributed by atoms with Crippen molar-refractivity contribution in [3.63, 3.8) is 0 Å². The molecule has 0 unspecified atom stereocenters. The fraction of sp³-hybridized carbons (Fsp3) is 0.179. The fourth-order valence-corrected chi connectivity index (χ4v) is 5.35. The van der Waals surface area contributed by atoms with Crippen LogP contribution in [0.3, 0.4) is 0 Å². The van der Waals surface area contributed by atoms with Crippen LogP contribution in [0, 0.1) is 0 Å². The first-order chi connectivity index (χ1) is 18.9. The Morgan fingerprint density at radius 2 is 1.77 bits per heavy atom. The Morgan fingerprint density at radius 3 is 2.40 bits per heavy atom. The van der Waals surface area contributed by atoms with Gasteiger partial charge in [-0.05, 0) is 70.6 Å². The molecule has 1 fully saturated rings. The lowest BCUT2D eigenvalue weighted by atomic mass is 9.99. The minimum Gasteiger partial charge on any atom is -0.384 e. The minimum atomic E-state index is -4.63. The van der Waals surface area contributed by atoms with E-state index in [2.05, 4.69) is 10.3 Å². The van der Waals surface area contributed by atoms with Crippen molar-refractivity contribution in [2.45, 2.75) is 18.6 Å². The third-order valence-electron chi connectivity index (χ3n) is 6.24. The number of rotatable bonds is 6. The summed E-state index contributed by atoms with van der Waals surface area (Å²) in [5.41, 5.74) is 6.26. The molecule has 0 aliphatic carbocycles. The summed E-state index contributed by atoms with van der Waals surface area (Å²) < 4.78 is 68.2. The number of hydrogen-bond donors (Lipinski definition) is 2. The summed E-state index contributed by atoms with van der Waals surface area (Å²) in [5, 5.41) is 3.01. The smallest absolute Gasteiger partial charge is 0.384 e. The van der Waals surface area contributed by atoms with E-state index in [9.17, 15) is 31.5 Å². The molecule has 0 saturated carbocycles. The number of benzene rings is 2. The molecule has 0 radical (unpaired) electrons. The van der Waals surface area contributed by atoms with Gasteiger partial charge in [-0.15, -0.1) is 11.3 Å². The number of likely N-dealkylation sites (tertiary alicyclic amines) is 1. The van der Waals surface area contributed by atoms with Crippen LogP contribution in [0.4, 0.5) is 27.8 Å². The molecule has 2 aromatic carbocycles. The molecule has 1 aliphatic rings. The van der Waals surface area contributed by atoms with E-state index < -0.39 is 42.6 Å². The van der Waals surface area contributed by atoms with E-state index in [0.717, 1.165) is 22.3 Å². The molecule has 1 saturated heterocycles. The number of alkyl halides is 5. The highest BCUT2D eigenvalue weighted by Gasteiger charge is 2.46. The number of nitrogens with one attached hydrogen (secondary N) is 1. The van der Waals surface area contributed by atoms with E-state index in [4.69, 9.17) is 5.73 Å². The lowest BCUT2D eigenvalue weighted by Crippen LogP contribution is -2.58. The highest BCUT2D eigenvalue weighted by Crippen LogP contribution is 2.41. The maximum absolute atomic E-state index is 14.0. The molecule has 0 atom stereocenters. The Morgan fingerprint density at radius 1 is 1.05 bits per heavy atom. The Labute approximate surface area is 228 Å². The predicted octanol–water partition coefficient (Wildman–Crippen LogP) is 5.99. The molecule has 12 heteroatoms. The number of hydrogen-bond acceptors (Lipinski definition) is 5. The molecule has 3 heterocycles. The van der Waals surface area contributed by atoms with Crippen LogP contribution in [-0.2, 0) is 17.5 Å². The molecule has 206 valence electrons. The minimum absolute atomic E-state index is 0.0293. The van der Waals surface area contributed by atoms with Crippen LogP contribution in [0.25, 0.3) is 27.3 Å². The van der Waals surface area contributed by atoms with Crippen LogP contribution >= 0.6 is 11.3 Å². The second-order valence-electron chi connectivity index (χ2n) is 9.31. The van der Waals surface area contributed by atoms with Gasteiger partial charge in [0.2, 0.25) is 5.91 Å². The van der Waals surface area contributed by atoms with Gasteiger partial charge in [-0.3, -0.25) is 9.59 Å². The van der Waals surface area contributed by atoms with E-state index in [1.165, 1.54) is 36.5 Å². The first kappa shape index (κ1) is 27.3. The number of amides is 2. The van der Waals surface area contributed by atoms with Gasteiger partial charge in [-0.25, -0.2) is 13.8 Å². The zero-order valence-electron chi connectivity index (χ0n) is 20.6. The van der Waals surface area contributed by atoms with Crippen molar-refractivity contribution in [2.24, 2.45) is 0 Å². The third-order valence-corrected chi connectivity index (χ3v) is 7.43. The van der Waals surface area contributed by atoms with Gasteiger partial charge in [0.05, 0.1) is 25.2 Å². The Balaban J connectivity index is 1.34. The molecule has 40 heavy (non-hydrogen) atoms. The number of anilines is 1. The van der Waals surface area contributed by atoms with Crippen molar-refractivity contribution >= 4 is 45.1 Å². The number of carbonyl (C=O) groups is 2. The predicted molar refractivity (Wildman–Crippen MR) is 143 cm³/mol. The summed E-state index contributed by atoms with van der Waals surface area (Å²) in [4.78, 5) is 30.1. The Hall–Kier alpha value is -4.32. The number of nitrogens with zero attached hydrogens (tertiary/aromatic N) is 2. The van der Waals surface area contributed by atoms with Crippen molar-refractivity contribution in [1.82, 2.24) is 15.2 Å². The van der Waals surface area contributed by atoms with Gasteiger partial charge in [0.25, 0.3) is 11.8 Å². The molecule has 0 spiro atoms. The van der Waals surface area contributed by atoms with Gasteiger partial charge in [-0.2, -0.15) is 13.2 Å². The van der Waals surface area contributed by atoms with E-state index in [-0.39, 0.29) is 22.4 Å². The average Bonchev–Trinajstić information content (AvgIpc) is 3.31. The molecule has 5 rings (SSSR count). The van der Waals surface area contributed by atoms with Gasteiger partial charge in [0.1, 0.15) is 5.82 Å². The van der Waals surface area contributed by atoms with Gasteiger partial charge in [0, 0.05) is 27.4 Å². The van der Waals surface area contributed by atoms with Crippen molar-refractivity contribution in [1.29, 1.82) is 0 Å². The normalized spacial score (nSPS) is 14.9. The highest BCUT2D eigenvalue weighted by atomic mass is 32.1. The fourth-order valence-electron chi connectivity index (χ4n) is 4.23. The first-order valence-corrected chi connectivity index (χ1v) is 12.8. The zero-order chi connectivity index (χ0) is 28.7. The van der Waals surface area contributed by atoms with Crippen LogP contribution in [0.1, 0.15) is 26.4 Å². The van der Waals surface area contributed by atoms with Gasteiger partial charge in [-0.1, -0.05) is 12.1 Å². The third kappa shape index (κ3) is 5.96. The molecule has 1 aliphatic heterocycles. The zero-order valence-corrected chi connectivity index (χ0v) is 21.5. The molecule has 2 aromatic heterocycles. The molecular formula is C28H21F5N4O2S. The second-order valence-corrected chi connectivity index (χ2v) is 10.5. The van der Waals surface area contributed by atoms with Crippen LogP contribution in [0.15, 0.2) is 66.9 Å². The maximum atomic E-state index is 14.0. The van der Waals surface area contributed by atoms with E-state index in [1.807, 2.05) is 0 Å². The Kier molecular flexibility index (Phi) is 7.05. The number of aromatic nitrogens is 1. The van der Waals surface area contributed by atoms with Crippen molar-refractivity contribution in [3.8, 4) is 11.1 Å². The summed E-state index contributed by atoms with van der Waals surface area (Å²) in [6.07, 6.45) is -0.297. The maximum Gasteiger partial charge on any atom is 0.417 e. The summed E-state index contributed by atoms with van der Waals surface area (Å²) in [5.74, 6) is -3.54. The highest BCUT2D eigenvalue weighted by molar-refractivity contribution is 7.19. The molecular weight excluding hydrogens is 551 g/mol. The molecule has 3 N–H and O–H groups in total. The van der Waals surface area contributed by atoms with Crippen LogP contribution in [0.2, 0.25) is 0 Å². The molecule has 4 aromatic rings. The monoisotopic (exact) mass is 572 g/mol. The number of carbonyl (C=O) groups excluding carboxylic acids is 2. The van der Waals surface area contributed by atoms with Crippen LogP contribution < -0.4 is 11.1 Å². The number of thiophene rings is 1. The number of fused-ring (bicyclic) bond motifs is 1. The molecule has 2 amide bonds. The number of halogens is 5. The lowest BCUT2D eigenvalue weighted by molar-refractivity contribution is -0.136. The quantitative estimate of drug-likeness (QED) is 0.220. The van der Waals surface area contributed by atoms with Crippen molar-refractivity contribution < 1.29 is 31.5 Å². The van der Waals surface area contributed by atoms with Gasteiger partial charge >= 0.3 is 6.18 Å². The molecule has 0 bridgehead atoms. The lowest BCUT2D eigenvalue weighted by Gasteiger charge is -2.38. The van der Waals surface area contributed by atoms with Gasteiger partial charge in [0.15, 0.2) is 0 Å². The van der Waals surface area contributed by atoms with Crippen molar-refractivity contribution in [2.75, 3.05) is 18.8 Å². The van der Waals surface area contributed by atoms with Gasteiger partial charge < -0.3 is 16.0 Å². The summed E-state index contributed by atoms with van der Waals surface area (Å²) in [6, 6.07) is 13.3. The topological polar surface area (TPSA) is 88.3 Å². The van der Waals surface area contributed by atoms with Crippen LogP contribution in [-0.4, -0.2) is 40.7 Å². The van der Waals surface area contributed by atoms with Crippen LogP contribution in [0.5, 0.6) is 0 Å². The SMILES string of the molecule is Nc1ccc(/C=C/C(=O)NCc2cc3cc(-c4ccc(C(=O)N5CC(F)(F)C5)cc4)cc(C(F)(F)F)c3s2)cn1. The standard InChI is InChI=1S/C28H21F5N4O2S/c29-27(30)14-37(15-27)26(39)18-5-3-17(4-6-18)19-9-20-10-21(40-25(20)22(11-19)28(31,32)33)13-36-24(38)8-2-16-1-7-23(34)35-12-16/h1-12H,13-15H2,(H2,34,35)(H,36,38)/b8-2+. The van der Waals surface area contributed by atoms with E-state index >= 15 is 0 Å². The first-order valence-electron chi connectivity index (χ1n) is 12.0. The van der Waals surface area contributed by atoms with E-state index in [0.29, 0.717) is 27.2 Å².